The summed E-state index contributed by atoms with van der Waals surface area (Å²) in [6.07, 6.45) is 0. The van der Waals surface area contributed by atoms with Gasteiger partial charge in [0.25, 0.3) is 5.91 Å². The normalized spacial score (nSPS) is 16.0. The smallest absolute Gasteiger partial charge is 0.256 e. The van der Waals surface area contributed by atoms with Crippen LogP contribution in [-0.2, 0) is 14.3 Å². The van der Waals surface area contributed by atoms with Crippen LogP contribution in [0.4, 0.5) is 5.69 Å². The lowest BCUT2D eigenvalue weighted by Gasteiger charge is -2.26. The summed E-state index contributed by atoms with van der Waals surface area (Å²) in [6, 6.07) is 7.40. The molecule has 0 saturated carbocycles. The summed E-state index contributed by atoms with van der Waals surface area (Å²) >= 11 is 0. The first-order chi connectivity index (χ1) is 11.5. The maximum absolute atomic E-state index is 12.2. The minimum absolute atomic E-state index is 0.162. The van der Waals surface area contributed by atoms with E-state index < -0.39 is 5.60 Å². The van der Waals surface area contributed by atoms with E-state index >= 15 is 0 Å². The number of nitrogens with zero attached hydrogens (tertiary/aromatic N) is 1. The second-order valence-corrected chi connectivity index (χ2v) is 6.22. The van der Waals surface area contributed by atoms with Crippen LogP contribution in [-0.4, -0.2) is 62.5 Å². The lowest BCUT2D eigenvalue weighted by Crippen LogP contribution is -2.39. The van der Waals surface area contributed by atoms with Crippen LogP contribution in [0.25, 0.3) is 0 Å². The molecule has 0 bridgehead atoms. The zero-order chi connectivity index (χ0) is 17.4. The Labute approximate surface area is 144 Å². The predicted octanol–water partition coefficient (Wildman–Crippen LogP) is 2.15. The highest BCUT2D eigenvalue weighted by molar-refractivity contribution is 5.96. The maximum atomic E-state index is 12.2. The van der Waals surface area contributed by atoms with E-state index in [4.69, 9.17) is 14.2 Å². The zero-order valence-electron chi connectivity index (χ0n) is 14.8. The summed E-state index contributed by atoms with van der Waals surface area (Å²) in [6.45, 7) is 10.9. The molecule has 24 heavy (non-hydrogen) atoms. The van der Waals surface area contributed by atoms with Crippen molar-refractivity contribution in [2.45, 2.75) is 26.4 Å². The van der Waals surface area contributed by atoms with Gasteiger partial charge in [-0.05, 0) is 45.0 Å². The van der Waals surface area contributed by atoms with E-state index in [9.17, 15) is 4.79 Å². The van der Waals surface area contributed by atoms with Crippen molar-refractivity contribution < 1.29 is 19.0 Å². The van der Waals surface area contributed by atoms with Gasteiger partial charge in [0.1, 0.15) is 18.0 Å². The first kappa shape index (κ1) is 18.7. The molecule has 1 aliphatic rings. The Balaban J connectivity index is 1.76. The van der Waals surface area contributed by atoms with Crippen LogP contribution in [0.2, 0.25) is 0 Å². The summed E-state index contributed by atoms with van der Waals surface area (Å²) < 4.78 is 16.5. The minimum Gasteiger partial charge on any atom is -0.492 e. The van der Waals surface area contributed by atoms with Gasteiger partial charge >= 0.3 is 0 Å². The molecule has 6 nitrogen and oxygen atoms in total. The third-order valence-electron chi connectivity index (χ3n) is 3.94. The van der Waals surface area contributed by atoms with Crippen molar-refractivity contribution in [2.75, 3.05) is 51.4 Å². The van der Waals surface area contributed by atoms with E-state index in [1.54, 1.807) is 13.8 Å². The first-order valence-electron chi connectivity index (χ1n) is 8.49. The molecular weight excluding hydrogens is 308 g/mol. The van der Waals surface area contributed by atoms with Crippen LogP contribution in [0, 0.1) is 0 Å². The number of ether oxygens (including phenoxy) is 3. The van der Waals surface area contributed by atoms with Crippen molar-refractivity contribution >= 4 is 11.6 Å². The molecule has 1 saturated heterocycles. The molecule has 1 aliphatic heterocycles. The number of hydrogen-bond donors (Lipinski definition) is 1. The lowest BCUT2D eigenvalue weighted by atomic mass is 10.1. The highest BCUT2D eigenvalue weighted by Gasteiger charge is 2.27. The molecule has 1 heterocycles. The van der Waals surface area contributed by atoms with Gasteiger partial charge in [-0.1, -0.05) is 0 Å². The molecule has 1 amide bonds. The first-order valence-corrected chi connectivity index (χ1v) is 8.49. The van der Waals surface area contributed by atoms with Crippen LogP contribution < -0.4 is 10.1 Å². The second kappa shape index (κ2) is 9.01. The van der Waals surface area contributed by atoms with Gasteiger partial charge in [0.2, 0.25) is 0 Å². The standard InChI is InChI=1S/C18H28N2O4/c1-4-24-18(2,3)17(21)19-15-5-7-16(8-6-15)23-14-11-20-9-12-22-13-10-20/h5-8H,4,9-14H2,1-3H3,(H,19,21). The van der Waals surface area contributed by atoms with Crippen LogP contribution >= 0.6 is 0 Å². The van der Waals surface area contributed by atoms with E-state index in [0.29, 0.717) is 13.2 Å². The fraction of sp³-hybridized carbons (Fsp3) is 0.611. The van der Waals surface area contributed by atoms with Crippen molar-refractivity contribution in [3.05, 3.63) is 24.3 Å². The van der Waals surface area contributed by atoms with Gasteiger partial charge in [0.05, 0.1) is 13.2 Å². The summed E-state index contributed by atoms with van der Waals surface area (Å²) in [4.78, 5) is 14.5. The molecule has 0 spiro atoms. The Morgan fingerprint density at radius 2 is 1.92 bits per heavy atom. The van der Waals surface area contributed by atoms with E-state index in [0.717, 1.165) is 44.3 Å². The summed E-state index contributed by atoms with van der Waals surface area (Å²) in [7, 11) is 0. The average Bonchev–Trinajstić information content (AvgIpc) is 2.57. The molecule has 1 N–H and O–H groups in total. The van der Waals surface area contributed by atoms with Gasteiger partial charge in [0, 0.05) is 31.9 Å². The Bertz CT molecular complexity index is 510. The van der Waals surface area contributed by atoms with Crippen molar-refractivity contribution in [1.29, 1.82) is 0 Å². The number of carbonyl (C=O) groups is 1. The number of hydrogen-bond acceptors (Lipinski definition) is 5. The van der Waals surface area contributed by atoms with Gasteiger partial charge < -0.3 is 19.5 Å². The number of amides is 1. The summed E-state index contributed by atoms with van der Waals surface area (Å²) in [5.74, 6) is 0.635. The minimum atomic E-state index is -0.845. The largest absolute Gasteiger partial charge is 0.492 e. The number of anilines is 1. The van der Waals surface area contributed by atoms with E-state index in [2.05, 4.69) is 10.2 Å². The molecular formula is C18H28N2O4. The summed E-state index contributed by atoms with van der Waals surface area (Å²) in [5.41, 5.74) is -0.115. The van der Waals surface area contributed by atoms with Crippen molar-refractivity contribution in [3.63, 3.8) is 0 Å². The van der Waals surface area contributed by atoms with E-state index in [-0.39, 0.29) is 5.91 Å². The molecule has 0 atom stereocenters. The average molecular weight is 336 g/mol. The van der Waals surface area contributed by atoms with Crippen LogP contribution in [0.3, 0.4) is 0 Å². The number of carbonyl (C=O) groups excluding carboxylic acids is 1. The topological polar surface area (TPSA) is 60.0 Å². The number of benzene rings is 1. The zero-order valence-corrected chi connectivity index (χ0v) is 14.8. The molecule has 1 aromatic rings. The van der Waals surface area contributed by atoms with Gasteiger partial charge in [-0.2, -0.15) is 0 Å². The third-order valence-corrected chi connectivity index (χ3v) is 3.94. The predicted molar refractivity (Wildman–Crippen MR) is 93.5 cm³/mol. The fourth-order valence-corrected chi connectivity index (χ4v) is 2.46. The Hall–Kier alpha value is -1.63. The molecule has 1 aromatic carbocycles. The number of nitrogens with one attached hydrogen (secondary N) is 1. The van der Waals surface area contributed by atoms with Crippen LogP contribution in [0.1, 0.15) is 20.8 Å². The molecule has 1 fully saturated rings. The van der Waals surface area contributed by atoms with Gasteiger partial charge in [-0.15, -0.1) is 0 Å². The maximum Gasteiger partial charge on any atom is 0.256 e. The Morgan fingerprint density at radius 1 is 1.25 bits per heavy atom. The fourth-order valence-electron chi connectivity index (χ4n) is 2.46. The van der Waals surface area contributed by atoms with E-state index in [1.165, 1.54) is 0 Å². The molecule has 0 radical (unpaired) electrons. The second-order valence-electron chi connectivity index (χ2n) is 6.22. The van der Waals surface area contributed by atoms with Crippen molar-refractivity contribution in [2.24, 2.45) is 0 Å². The van der Waals surface area contributed by atoms with Crippen LogP contribution in [0.15, 0.2) is 24.3 Å². The molecule has 0 unspecified atom stereocenters. The molecule has 6 heteroatoms. The van der Waals surface area contributed by atoms with E-state index in [1.807, 2.05) is 31.2 Å². The highest BCUT2D eigenvalue weighted by Crippen LogP contribution is 2.18. The Kier molecular flexibility index (Phi) is 7.02. The van der Waals surface area contributed by atoms with Crippen LogP contribution in [0.5, 0.6) is 5.75 Å². The van der Waals surface area contributed by atoms with Crippen molar-refractivity contribution in [3.8, 4) is 5.75 Å². The monoisotopic (exact) mass is 336 g/mol. The van der Waals surface area contributed by atoms with Gasteiger partial charge in [0.15, 0.2) is 0 Å². The van der Waals surface area contributed by atoms with Gasteiger partial charge in [-0.25, -0.2) is 0 Å². The quantitative estimate of drug-likeness (QED) is 0.788. The summed E-state index contributed by atoms with van der Waals surface area (Å²) in [5, 5.41) is 2.86. The van der Waals surface area contributed by atoms with Gasteiger partial charge in [-0.3, -0.25) is 9.69 Å². The Morgan fingerprint density at radius 3 is 2.54 bits per heavy atom. The molecule has 0 aromatic heterocycles. The number of morpholine rings is 1. The SMILES string of the molecule is CCOC(C)(C)C(=O)Nc1ccc(OCCN2CCOCC2)cc1. The van der Waals surface area contributed by atoms with Crippen molar-refractivity contribution in [1.82, 2.24) is 4.90 Å². The molecule has 134 valence electrons. The molecule has 0 aliphatic carbocycles. The third kappa shape index (κ3) is 5.78. The highest BCUT2D eigenvalue weighted by atomic mass is 16.5. The number of rotatable bonds is 8. The lowest BCUT2D eigenvalue weighted by molar-refractivity contribution is -0.136. The molecule has 2 rings (SSSR count).